The van der Waals surface area contributed by atoms with E-state index in [1.54, 1.807) is 7.11 Å². The molecule has 0 fully saturated rings. The Balaban J connectivity index is 1.50. The summed E-state index contributed by atoms with van der Waals surface area (Å²) in [7, 11) is 3.58. The number of hydrogen-bond donors (Lipinski definition) is 0. The van der Waals surface area contributed by atoms with Crippen molar-refractivity contribution >= 4 is 23.1 Å². The minimum absolute atomic E-state index is 0.182. The predicted molar refractivity (Wildman–Crippen MR) is 113 cm³/mol. The normalized spacial score (nSPS) is 12.3. The molecular weight excluding hydrogens is 386 g/mol. The van der Waals surface area contributed by atoms with E-state index >= 15 is 0 Å². The molecule has 2 aromatic heterocycles. The summed E-state index contributed by atoms with van der Waals surface area (Å²) in [5.74, 6) is 0.213. The first-order chi connectivity index (χ1) is 13.9. The molecular formula is C23H23NO4S. The SMILES string of the molecule is COc1ccc2c(c1)CCc1cc(C(=O)OCC(=O)c3cc(C)n(C)c3C)sc1-2. The topological polar surface area (TPSA) is 57.5 Å². The third-order valence-corrected chi connectivity index (χ3v) is 6.83. The summed E-state index contributed by atoms with van der Waals surface area (Å²) in [6, 6.07) is 9.77. The molecule has 4 rings (SSSR count). The first kappa shape index (κ1) is 19.5. The predicted octanol–water partition coefficient (Wildman–Crippen LogP) is 4.52. The molecule has 0 radical (unpaired) electrons. The van der Waals surface area contributed by atoms with Gasteiger partial charge in [0.05, 0.1) is 7.11 Å². The molecule has 0 atom stereocenters. The van der Waals surface area contributed by atoms with Crippen LogP contribution in [0.4, 0.5) is 0 Å². The third kappa shape index (κ3) is 3.49. The highest BCUT2D eigenvalue weighted by Gasteiger charge is 2.23. The van der Waals surface area contributed by atoms with Gasteiger partial charge in [-0.3, -0.25) is 4.79 Å². The first-order valence-electron chi connectivity index (χ1n) is 9.52. The average molecular weight is 410 g/mol. The Bertz CT molecular complexity index is 1120. The number of ketones is 1. The van der Waals surface area contributed by atoms with Crippen molar-refractivity contribution in [1.82, 2.24) is 4.57 Å². The van der Waals surface area contributed by atoms with Crippen LogP contribution < -0.4 is 4.74 Å². The van der Waals surface area contributed by atoms with E-state index in [1.165, 1.54) is 16.9 Å². The van der Waals surface area contributed by atoms with Gasteiger partial charge in [-0.15, -0.1) is 11.3 Å². The fourth-order valence-corrected chi connectivity index (χ4v) is 4.92. The maximum Gasteiger partial charge on any atom is 0.348 e. The maximum atomic E-state index is 12.6. The van der Waals surface area contributed by atoms with E-state index in [0.29, 0.717) is 10.4 Å². The van der Waals surface area contributed by atoms with Crippen LogP contribution in [0.3, 0.4) is 0 Å². The van der Waals surface area contributed by atoms with Crippen molar-refractivity contribution in [1.29, 1.82) is 0 Å². The van der Waals surface area contributed by atoms with Crippen LogP contribution in [-0.2, 0) is 24.6 Å². The Morgan fingerprint density at radius 2 is 1.86 bits per heavy atom. The molecule has 1 aliphatic carbocycles. The van der Waals surface area contributed by atoms with E-state index in [2.05, 4.69) is 6.07 Å². The van der Waals surface area contributed by atoms with Gasteiger partial charge >= 0.3 is 5.97 Å². The van der Waals surface area contributed by atoms with Crippen LogP contribution >= 0.6 is 11.3 Å². The van der Waals surface area contributed by atoms with Crippen LogP contribution in [0, 0.1) is 13.8 Å². The molecule has 0 bridgehead atoms. The Labute approximate surface area is 173 Å². The van der Waals surface area contributed by atoms with Crippen molar-refractivity contribution in [3.63, 3.8) is 0 Å². The van der Waals surface area contributed by atoms with Gasteiger partial charge in [-0.1, -0.05) is 0 Å². The van der Waals surface area contributed by atoms with Gasteiger partial charge in [0.25, 0.3) is 0 Å². The largest absolute Gasteiger partial charge is 0.497 e. The number of thiophene rings is 1. The van der Waals surface area contributed by atoms with Crippen LogP contribution in [0.5, 0.6) is 5.75 Å². The number of aryl methyl sites for hydroxylation is 3. The van der Waals surface area contributed by atoms with E-state index in [4.69, 9.17) is 9.47 Å². The number of esters is 1. The number of aromatic nitrogens is 1. The standard InChI is InChI=1S/C23H23NO4S/c1-13-9-19(14(2)24(13)3)20(25)12-28-23(26)21-11-16-6-5-15-10-17(27-4)7-8-18(15)22(16)29-21/h7-11H,5-6,12H2,1-4H3. The quantitative estimate of drug-likeness (QED) is 0.459. The van der Waals surface area contributed by atoms with Gasteiger partial charge in [-0.25, -0.2) is 4.79 Å². The second kappa shape index (κ2) is 7.52. The number of hydrogen-bond acceptors (Lipinski definition) is 5. The van der Waals surface area contributed by atoms with E-state index in [1.807, 2.05) is 49.7 Å². The number of carbonyl (C=O) groups excluding carboxylic acids is 2. The molecule has 0 spiro atoms. The Morgan fingerprint density at radius 1 is 1.10 bits per heavy atom. The summed E-state index contributed by atoms with van der Waals surface area (Å²) < 4.78 is 12.6. The van der Waals surface area contributed by atoms with Gasteiger partial charge in [0.2, 0.25) is 5.78 Å². The summed E-state index contributed by atoms with van der Waals surface area (Å²) >= 11 is 1.43. The number of ether oxygens (including phenoxy) is 2. The van der Waals surface area contributed by atoms with Crippen LogP contribution in [0.1, 0.15) is 42.5 Å². The van der Waals surface area contributed by atoms with Gasteiger partial charge in [-0.05, 0) is 73.7 Å². The van der Waals surface area contributed by atoms with Crippen molar-refractivity contribution in [2.24, 2.45) is 7.05 Å². The fraction of sp³-hybridized carbons (Fsp3) is 0.304. The number of Topliss-reactive ketones (excluding diaryl/α,β-unsaturated/α-hetero) is 1. The van der Waals surface area contributed by atoms with Gasteiger partial charge in [0, 0.05) is 28.9 Å². The molecule has 29 heavy (non-hydrogen) atoms. The lowest BCUT2D eigenvalue weighted by atomic mass is 9.91. The molecule has 0 saturated carbocycles. The number of rotatable bonds is 5. The highest BCUT2D eigenvalue weighted by molar-refractivity contribution is 7.17. The molecule has 1 aliphatic rings. The van der Waals surface area contributed by atoms with Crippen molar-refractivity contribution < 1.29 is 19.1 Å². The highest BCUT2D eigenvalue weighted by atomic mass is 32.1. The zero-order valence-electron chi connectivity index (χ0n) is 17.0. The van der Waals surface area contributed by atoms with Gasteiger partial charge in [0.1, 0.15) is 10.6 Å². The minimum atomic E-state index is -0.446. The lowest BCUT2D eigenvalue weighted by molar-refractivity contribution is 0.0479. The second-order valence-corrected chi connectivity index (χ2v) is 8.38. The highest BCUT2D eigenvalue weighted by Crippen LogP contribution is 2.41. The molecule has 0 unspecified atom stereocenters. The number of methoxy groups -OCH3 is 1. The van der Waals surface area contributed by atoms with Crippen molar-refractivity contribution in [3.05, 3.63) is 63.3 Å². The maximum absolute atomic E-state index is 12.6. The average Bonchev–Trinajstić information content (AvgIpc) is 3.28. The monoisotopic (exact) mass is 409 g/mol. The van der Waals surface area contributed by atoms with E-state index in [0.717, 1.165) is 46.0 Å². The number of fused-ring (bicyclic) bond motifs is 3. The van der Waals surface area contributed by atoms with Gasteiger partial charge < -0.3 is 14.0 Å². The zero-order valence-corrected chi connectivity index (χ0v) is 17.8. The second-order valence-electron chi connectivity index (χ2n) is 7.33. The van der Waals surface area contributed by atoms with Gasteiger partial charge in [-0.2, -0.15) is 0 Å². The summed E-state index contributed by atoms with van der Waals surface area (Å²) in [6.45, 7) is 3.58. The van der Waals surface area contributed by atoms with E-state index < -0.39 is 5.97 Å². The lowest BCUT2D eigenvalue weighted by Gasteiger charge is -2.16. The molecule has 0 saturated heterocycles. The molecule has 0 aliphatic heterocycles. The molecule has 5 nitrogen and oxygen atoms in total. The summed E-state index contributed by atoms with van der Waals surface area (Å²) in [6.07, 6.45) is 1.79. The van der Waals surface area contributed by atoms with Crippen LogP contribution in [-0.4, -0.2) is 30.0 Å². The van der Waals surface area contributed by atoms with Crippen LogP contribution in [0.15, 0.2) is 30.3 Å². The Kier molecular flexibility index (Phi) is 5.04. The Hall–Kier alpha value is -2.86. The van der Waals surface area contributed by atoms with E-state index in [-0.39, 0.29) is 12.4 Å². The molecule has 150 valence electrons. The van der Waals surface area contributed by atoms with Gasteiger partial charge in [0.15, 0.2) is 6.61 Å². The number of carbonyl (C=O) groups is 2. The molecule has 3 aromatic rings. The third-order valence-electron chi connectivity index (χ3n) is 5.64. The molecule has 0 N–H and O–H groups in total. The molecule has 1 aromatic carbocycles. The van der Waals surface area contributed by atoms with E-state index in [9.17, 15) is 9.59 Å². The molecule has 0 amide bonds. The van der Waals surface area contributed by atoms with Crippen molar-refractivity contribution in [2.75, 3.05) is 13.7 Å². The van der Waals surface area contributed by atoms with Crippen molar-refractivity contribution in [2.45, 2.75) is 26.7 Å². The lowest BCUT2D eigenvalue weighted by Crippen LogP contribution is -2.14. The minimum Gasteiger partial charge on any atom is -0.497 e. The summed E-state index contributed by atoms with van der Waals surface area (Å²) in [4.78, 5) is 26.7. The van der Waals surface area contributed by atoms with Crippen molar-refractivity contribution in [3.8, 4) is 16.2 Å². The first-order valence-corrected chi connectivity index (χ1v) is 10.3. The summed E-state index contributed by atoms with van der Waals surface area (Å²) in [5.41, 5.74) is 6.00. The van der Waals surface area contributed by atoms with Crippen LogP contribution in [0.2, 0.25) is 0 Å². The fourth-order valence-electron chi connectivity index (χ4n) is 3.76. The summed E-state index contributed by atoms with van der Waals surface area (Å²) in [5, 5.41) is 0. The van der Waals surface area contributed by atoms with Crippen LogP contribution in [0.25, 0.3) is 10.4 Å². The number of nitrogens with zero attached hydrogens (tertiary/aromatic N) is 1. The smallest absolute Gasteiger partial charge is 0.348 e. The Morgan fingerprint density at radius 3 is 2.55 bits per heavy atom. The number of benzene rings is 1. The molecule has 2 heterocycles. The zero-order chi connectivity index (χ0) is 20.7. The molecule has 6 heteroatoms.